The summed E-state index contributed by atoms with van der Waals surface area (Å²) < 4.78 is 47.9. The number of hydrazine groups is 1. The molecular formula is C10H11F3N2O2. The van der Waals surface area contributed by atoms with Crippen LogP contribution in [0.4, 0.5) is 13.2 Å². The van der Waals surface area contributed by atoms with Gasteiger partial charge in [0.2, 0.25) is 5.66 Å². The molecule has 1 aromatic rings. The summed E-state index contributed by atoms with van der Waals surface area (Å²) in [6.07, 6.45) is -4.39. The lowest BCUT2D eigenvalue weighted by Gasteiger charge is -2.16. The van der Waals surface area contributed by atoms with Crippen LogP contribution in [-0.2, 0) is 10.4 Å². The fraction of sp³-hybridized carbons (Fsp3) is 0.400. The van der Waals surface area contributed by atoms with E-state index in [1.54, 1.807) is 0 Å². The Morgan fingerprint density at radius 1 is 1.18 bits per heavy atom. The van der Waals surface area contributed by atoms with Crippen LogP contribution < -0.4 is 15.6 Å². The summed E-state index contributed by atoms with van der Waals surface area (Å²) >= 11 is 0. The van der Waals surface area contributed by atoms with Crippen molar-refractivity contribution in [1.82, 2.24) is 10.9 Å². The van der Waals surface area contributed by atoms with Gasteiger partial charge in [0, 0.05) is 7.11 Å². The van der Waals surface area contributed by atoms with Crippen molar-refractivity contribution in [2.24, 2.45) is 0 Å². The lowest BCUT2D eigenvalue weighted by molar-refractivity contribution is -0.165. The molecule has 2 rings (SSSR count). The summed E-state index contributed by atoms with van der Waals surface area (Å²) in [7, 11) is 1.46. The second kappa shape index (κ2) is 4.17. The van der Waals surface area contributed by atoms with E-state index in [0.29, 0.717) is 5.75 Å². The van der Waals surface area contributed by atoms with Crippen molar-refractivity contribution in [2.45, 2.75) is 11.8 Å². The Kier molecular flexibility index (Phi) is 2.98. The third kappa shape index (κ3) is 2.21. The molecule has 1 aromatic carbocycles. The van der Waals surface area contributed by atoms with Crippen LogP contribution in [0.25, 0.3) is 0 Å². The number of hydrogen-bond acceptors (Lipinski definition) is 4. The Labute approximate surface area is 95.7 Å². The second-order valence-electron chi connectivity index (χ2n) is 3.57. The minimum absolute atomic E-state index is 0.0558. The van der Waals surface area contributed by atoms with Crippen LogP contribution in [0.5, 0.6) is 5.75 Å². The zero-order chi connectivity index (χ0) is 12.5. The topological polar surface area (TPSA) is 62.3 Å². The highest BCUT2D eigenvalue weighted by Gasteiger charge is 2.65. The van der Waals surface area contributed by atoms with Gasteiger partial charge in [0.25, 0.3) is 0 Å². The number of ether oxygens (including phenoxy) is 2. The molecule has 0 bridgehead atoms. The van der Waals surface area contributed by atoms with Crippen molar-refractivity contribution in [3.8, 4) is 5.75 Å². The molecule has 4 nitrogen and oxygen atoms in total. The summed E-state index contributed by atoms with van der Waals surface area (Å²) in [5, 5.41) is 0. The quantitative estimate of drug-likeness (QED) is 0.626. The predicted octanol–water partition coefficient (Wildman–Crippen LogP) is 1.49. The third-order valence-corrected chi connectivity index (χ3v) is 2.43. The highest BCUT2D eigenvalue weighted by atomic mass is 19.4. The highest BCUT2D eigenvalue weighted by molar-refractivity contribution is 5.35. The number of rotatable bonds is 4. The molecule has 0 aliphatic carbocycles. The maximum Gasteiger partial charge on any atom is 0.426 e. The van der Waals surface area contributed by atoms with Crippen LogP contribution in [0.1, 0.15) is 5.56 Å². The van der Waals surface area contributed by atoms with Gasteiger partial charge < -0.3 is 9.47 Å². The third-order valence-electron chi connectivity index (χ3n) is 2.43. The predicted molar refractivity (Wildman–Crippen MR) is 53.0 cm³/mol. The summed E-state index contributed by atoms with van der Waals surface area (Å²) in [5.74, 6) is 0.452. The Bertz CT molecular complexity index is 388. The van der Waals surface area contributed by atoms with Crippen molar-refractivity contribution in [3.05, 3.63) is 29.8 Å². The fourth-order valence-corrected chi connectivity index (χ4v) is 1.44. The van der Waals surface area contributed by atoms with Crippen molar-refractivity contribution >= 4 is 0 Å². The van der Waals surface area contributed by atoms with Crippen LogP contribution in [0.3, 0.4) is 0 Å². The molecule has 0 amide bonds. The van der Waals surface area contributed by atoms with Gasteiger partial charge in [-0.15, -0.1) is 0 Å². The molecule has 0 radical (unpaired) electrons. The lowest BCUT2D eigenvalue weighted by atomic mass is 10.0. The Hall–Kier alpha value is -1.31. The first-order valence-electron chi connectivity index (χ1n) is 4.83. The van der Waals surface area contributed by atoms with Crippen molar-refractivity contribution in [2.75, 3.05) is 13.9 Å². The van der Waals surface area contributed by atoms with E-state index in [1.165, 1.54) is 31.4 Å². The van der Waals surface area contributed by atoms with Gasteiger partial charge in [0.15, 0.2) is 6.79 Å². The number of benzene rings is 1. The lowest BCUT2D eigenvalue weighted by Crippen LogP contribution is -2.34. The summed E-state index contributed by atoms with van der Waals surface area (Å²) in [6, 6.07) is 5.63. The fourth-order valence-electron chi connectivity index (χ4n) is 1.44. The summed E-state index contributed by atoms with van der Waals surface area (Å²) in [5.41, 5.74) is 2.23. The average Bonchev–Trinajstić information content (AvgIpc) is 3.07. The number of hydrogen-bond donors (Lipinski definition) is 2. The van der Waals surface area contributed by atoms with E-state index in [-0.39, 0.29) is 12.4 Å². The molecule has 0 spiro atoms. The monoisotopic (exact) mass is 248 g/mol. The van der Waals surface area contributed by atoms with E-state index in [9.17, 15) is 13.2 Å². The standard InChI is InChI=1S/C10H11F3N2O2/c1-16-6-17-8-4-2-7(3-5-8)9(14-15-9)10(11,12)13/h2-5,14-15H,6H2,1H3. The molecular weight excluding hydrogens is 237 g/mol. The van der Waals surface area contributed by atoms with Gasteiger partial charge in [0.1, 0.15) is 5.75 Å². The number of alkyl halides is 3. The Balaban J connectivity index is 2.13. The van der Waals surface area contributed by atoms with Crippen molar-refractivity contribution in [1.29, 1.82) is 0 Å². The normalized spacial score (nSPS) is 17.9. The van der Waals surface area contributed by atoms with Crippen LogP contribution in [0, 0.1) is 0 Å². The molecule has 17 heavy (non-hydrogen) atoms. The summed E-state index contributed by atoms with van der Waals surface area (Å²) in [4.78, 5) is 0. The van der Waals surface area contributed by atoms with Crippen LogP contribution >= 0.6 is 0 Å². The van der Waals surface area contributed by atoms with Crippen molar-refractivity contribution in [3.63, 3.8) is 0 Å². The van der Waals surface area contributed by atoms with E-state index in [0.717, 1.165) is 0 Å². The molecule has 1 heterocycles. The molecule has 1 aliphatic heterocycles. The minimum atomic E-state index is -4.39. The molecule has 7 heteroatoms. The smallest absolute Gasteiger partial charge is 0.426 e. The van der Waals surface area contributed by atoms with Gasteiger partial charge in [-0.25, -0.2) is 10.9 Å². The first kappa shape index (κ1) is 12.2. The molecule has 0 saturated carbocycles. The zero-order valence-electron chi connectivity index (χ0n) is 8.97. The van der Waals surface area contributed by atoms with Gasteiger partial charge in [-0.1, -0.05) is 12.1 Å². The minimum Gasteiger partial charge on any atom is -0.468 e. The number of halogens is 3. The van der Waals surface area contributed by atoms with Gasteiger partial charge in [0.05, 0.1) is 0 Å². The SMILES string of the molecule is COCOc1ccc(C2(C(F)(F)F)NN2)cc1. The molecule has 0 atom stereocenters. The molecule has 1 aliphatic rings. The van der Waals surface area contributed by atoms with Crippen LogP contribution in [0.2, 0.25) is 0 Å². The van der Waals surface area contributed by atoms with E-state index in [1.807, 2.05) is 0 Å². The largest absolute Gasteiger partial charge is 0.468 e. The van der Waals surface area contributed by atoms with Crippen LogP contribution in [0.15, 0.2) is 24.3 Å². The number of methoxy groups -OCH3 is 1. The molecule has 1 fully saturated rings. The zero-order valence-corrected chi connectivity index (χ0v) is 8.97. The molecule has 0 unspecified atom stereocenters. The molecule has 1 saturated heterocycles. The van der Waals surface area contributed by atoms with E-state index >= 15 is 0 Å². The van der Waals surface area contributed by atoms with Gasteiger partial charge in [-0.2, -0.15) is 13.2 Å². The van der Waals surface area contributed by atoms with Gasteiger partial charge in [-0.05, 0) is 17.7 Å². The van der Waals surface area contributed by atoms with E-state index in [2.05, 4.69) is 15.6 Å². The second-order valence-corrected chi connectivity index (χ2v) is 3.57. The van der Waals surface area contributed by atoms with Gasteiger partial charge in [-0.3, -0.25) is 0 Å². The van der Waals surface area contributed by atoms with E-state index < -0.39 is 11.8 Å². The highest BCUT2D eigenvalue weighted by Crippen LogP contribution is 2.42. The molecule has 0 aromatic heterocycles. The Morgan fingerprint density at radius 3 is 2.18 bits per heavy atom. The number of nitrogens with one attached hydrogen (secondary N) is 2. The molecule has 94 valence electrons. The maximum absolute atomic E-state index is 12.7. The maximum atomic E-state index is 12.7. The van der Waals surface area contributed by atoms with Crippen molar-refractivity contribution < 1.29 is 22.6 Å². The van der Waals surface area contributed by atoms with Gasteiger partial charge >= 0.3 is 6.18 Å². The Morgan fingerprint density at radius 2 is 1.76 bits per heavy atom. The average molecular weight is 248 g/mol. The van der Waals surface area contributed by atoms with E-state index in [4.69, 9.17) is 4.74 Å². The summed E-state index contributed by atoms with van der Waals surface area (Å²) in [6.45, 7) is 0.0558. The first-order valence-corrected chi connectivity index (χ1v) is 4.83. The van der Waals surface area contributed by atoms with Crippen LogP contribution in [-0.4, -0.2) is 20.1 Å². The first-order chi connectivity index (χ1) is 7.99. The molecule has 2 N–H and O–H groups in total.